The van der Waals surface area contributed by atoms with E-state index in [0.717, 1.165) is 0 Å². The molecule has 0 aliphatic heterocycles. The van der Waals surface area contributed by atoms with E-state index in [9.17, 15) is 18.0 Å². The molecular formula is C12H8BrF3N4O. The highest BCUT2D eigenvalue weighted by Crippen LogP contribution is 2.22. The average molecular weight is 361 g/mol. The van der Waals surface area contributed by atoms with E-state index in [-0.39, 0.29) is 11.4 Å². The molecule has 0 saturated heterocycles. The number of amides is 1. The van der Waals surface area contributed by atoms with Crippen molar-refractivity contribution < 1.29 is 18.0 Å². The number of benzene rings is 1. The zero-order valence-corrected chi connectivity index (χ0v) is 11.8. The van der Waals surface area contributed by atoms with Gasteiger partial charge in [-0.25, -0.2) is 24.0 Å². The standard InChI is InChI=1S/C12H8BrF3N4O/c13-5-1-7(11(20-17)18-4-5)12(21)19-9-3-6(14)2-8(15)10(9)16/h1-4H,17H2,(H,18,20)(H,19,21). The average Bonchev–Trinajstić information content (AvgIpc) is 2.44. The summed E-state index contributed by atoms with van der Waals surface area (Å²) in [4.78, 5) is 15.9. The number of nitrogen functional groups attached to an aromatic ring is 1. The molecule has 0 atom stereocenters. The predicted molar refractivity (Wildman–Crippen MR) is 74.0 cm³/mol. The summed E-state index contributed by atoms with van der Waals surface area (Å²) < 4.78 is 40.1. The zero-order valence-electron chi connectivity index (χ0n) is 10.3. The first-order valence-electron chi connectivity index (χ1n) is 5.50. The first-order chi connectivity index (χ1) is 9.92. The van der Waals surface area contributed by atoms with Gasteiger partial charge in [0.2, 0.25) is 0 Å². The van der Waals surface area contributed by atoms with Crippen LogP contribution in [0.25, 0.3) is 0 Å². The molecule has 9 heteroatoms. The fourth-order valence-corrected chi connectivity index (χ4v) is 1.90. The lowest BCUT2D eigenvalue weighted by molar-refractivity contribution is 0.102. The van der Waals surface area contributed by atoms with E-state index in [1.54, 1.807) is 0 Å². The normalized spacial score (nSPS) is 10.3. The number of rotatable bonds is 3. The van der Waals surface area contributed by atoms with Crippen LogP contribution in [0.4, 0.5) is 24.7 Å². The van der Waals surface area contributed by atoms with Crippen LogP contribution < -0.4 is 16.6 Å². The molecule has 0 aliphatic rings. The molecule has 1 amide bonds. The molecule has 2 aromatic rings. The first-order valence-corrected chi connectivity index (χ1v) is 6.29. The van der Waals surface area contributed by atoms with Gasteiger partial charge in [-0.1, -0.05) is 0 Å². The number of anilines is 2. The number of hydrogen-bond donors (Lipinski definition) is 3. The van der Waals surface area contributed by atoms with Gasteiger partial charge in [-0.05, 0) is 22.0 Å². The molecule has 5 nitrogen and oxygen atoms in total. The van der Waals surface area contributed by atoms with Gasteiger partial charge in [0, 0.05) is 22.8 Å². The lowest BCUT2D eigenvalue weighted by Gasteiger charge is -2.10. The number of pyridine rings is 1. The number of aromatic nitrogens is 1. The third kappa shape index (κ3) is 3.31. The van der Waals surface area contributed by atoms with Gasteiger partial charge in [0.05, 0.1) is 11.3 Å². The highest BCUT2D eigenvalue weighted by molar-refractivity contribution is 9.10. The van der Waals surface area contributed by atoms with Crippen LogP contribution in [0.2, 0.25) is 0 Å². The molecule has 0 aliphatic carbocycles. The van der Waals surface area contributed by atoms with E-state index < -0.39 is 29.0 Å². The number of nitrogens with one attached hydrogen (secondary N) is 2. The predicted octanol–water partition coefficient (Wildman–Crippen LogP) is 2.80. The van der Waals surface area contributed by atoms with Crippen molar-refractivity contribution in [3.05, 3.63) is 51.9 Å². The van der Waals surface area contributed by atoms with Gasteiger partial charge in [0.15, 0.2) is 17.5 Å². The molecule has 0 fully saturated rings. The second-order valence-corrected chi connectivity index (χ2v) is 4.81. The number of nitrogens with zero attached hydrogens (tertiary/aromatic N) is 1. The smallest absolute Gasteiger partial charge is 0.259 e. The molecule has 1 heterocycles. The van der Waals surface area contributed by atoms with Crippen LogP contribution in [0, 0.1) is 17.5 Å². The highest BCUT2D eigenvalue weighted by Gasteiger charge is 2.17. The number of carbonyl (C=O) groups is 1. The molecular weight excluding hydrogens is 353 g/mol. The molecule has 0 spiro atoms. The Morgan fingerprint density at radius 2 is 1.95 bits per heavy atom. The summed E-state index contributed by atoms with van der Waals surface area (Å²) in [5.41, 5.74) is 1.54. The van der Waals surface area contributed by atoms with Crippen LogP contribution in [0.15, 0.2) is 28.9 Å². The van der Waals surface area contributed by atoms with Crippen LogP contribution in [0.5, 0.6) is 0 Å². The topological polar surface area (TPSA) is 80.0 Å². The number of carbonyl (C=O) groups excluding carboxylic acids is 1. The molecule has 1 aromatic heterocycles. The van der Waals surface area contributed by atoms with Gasteiger partial charge in [-0.2, -0.15) is 0 Å². The summed E-state index contributed by atoms with van der Waals surface area (Å²) in [5, 5.41) is 2.06. The third-order valence-electron chi connectivity index (χ3n) is 2.48. The van der Waals surface area contributed by atoms with Crippen LogP contribution in [-0.4, -0.2) is 10.9 Å². The summed E-state index contributed by atoms with van der Waals surface area (Å²) in [5.74, 6) is 0.604. The van der Waals surface area contributed by atoms with E-state index in [0.29, 0.717) is 16.6 Å². The van der Waals surface area contributed by atoms with Crippen molar-refractivity contribution >= 4 is 33.3 Å². The van der Waals surface area contributed by atoms with Gasteiger partial charge < -0.3 is 10.7 Å². The lowest BCUT2D eigenvalue weighted by Crippen LogP contribution is -2.19. The molecule has 0 saturated carbocycles. The minimum atomic E-state index is -1.41. The van der Waals surface area contributed by atoms with Gasteiger partial charge in [-0.15, -0.1) is 0 Å². The molecule has 4 N–H and O–H groups in total. The maximum Gasteiger partial charge on any atom is 0.259 e. The van der Waals surface area contributed by atoms with Gasteiger partial charge in [0.25, 0.3) is 5.91 Å². The Balaban J connectivity index is 2.37. The summed E-state index contributed by atoms with van der Waals surface area (Å²) >= 11 is 3.11. The maximum atomic E-state index is 13.5. The second kappa shape index (κ2) is 6.10. The van der Waals surface area contributed by atoms with E-state index in [2.05, 4.69) is 31.7 Å². The molecule has 110 valence electrons. The Morgan fingerprint density at radius 3 is 2.62 bits per heavy atom. The van der Waals surface area contributed by atoms with Crippen molar-refractivity contribution in [3.63, 3.8) is 0 Å². The first kappa shape index (κ1) is 15.3. The summed E-state index contributed by atoms with van der Waals surface area (Å²) in [6.07, 6.45) is 1.38. The third-order valence-corrected chi connectivity index (χ3v) is 2.91. The van der Waals surface area contributed by atoms with Crippen molar-refractivity contribution in [1.29, 1.82) is 0 Å². The Hall–Kier alpha value is -2.13. The van der Waals surface area contributed by atoms with Crippen LogP contribution in [0.1, 0.15) is 10.4 Å². The van der Waals surface area contributed by atoms with Crippen molar-refractivity contribution in [2.45, 2.75) is 0 Å². The van der Waals surface area contributed by atoms with Crippen molar-refractivity contribution in [1.82, 2.24) is 4.98 Å². The highest BCUT2D eigenvalue weighted by atomic mass is 79.9. The molecule has 1 aromatic carbocycles. The molecule has 0 radical (unpaired) electrons. The van der Waals surface area contributed by atoms with Gasteiger partial charge in [0.1, 0.15) is 5.82 Å². The Bertz CT molecular complexity index is 711. The van der Waals surface area contributed by atoms with E-state index >= 15 is 0 Å². The van der Waals surface area contributed by atoms with Crippen LogP contribution >= 0.6 is 15.9 Å². The van der Waals surface area contributed by atoms with Crippen molar-refractivity contribution in [2.75, 3.05) is 10.7 Å². The fourth-order valence-electron chi connectivity index (χ4n) is 1.56. The summed E-state index contributed by atoms with van der Waals surface area (Å²) in [7, 11) is 0. The minimum Gasteiger partial charge on any atom is -0.319 e. The molecule has 0 bridgehead atoms. The fraction of sp³-hybridized carbons (Fsp3) is 0. The van der Waals surface area contributed by atoms with Crippen molar-refractivity contribution in [3.8, 4) is 0 Å². The Morgan fingerprint density at radius 1 is 1.24 bits per heavy atom. The quantitative estimate of drug-likeness (QED) is 0.446. The largest absolute Gasteiger partial charge is 0.319 e. The SMILES string of the molecule is NNc1ncc(Br)cc1C(=O)Nc1cc(F)cc(F)c1F. The Labute approximate surface area is 125 Å². The van der Waals surface area contributed by atoms with Crippen LogP contribution in [-0.2, 0) is 0 Å². The monoisotopic (exact) mass is 360 g/mol. The summed E-state index contributed by atoms with van der Waals surface area (Å²) in [6, 6.07) is 2.40. The molecule has 2 rings (SSSR count). The Kier molecular flexibility index (Phi) is 4.43. The minimum absolute atomic E-state index is 0.0213. The summed E-state index contributed by atoms with van der Waals surface area (Å²) in [6.45, 7) is 0. The molecule has 21 heavy (non-hydrogen) atoms. The van der Waals surface area contributed by atoms with E-state index in [1.165, 1.54) is 12.3 Å². The molecule has 0 unspecified atom stereocenters. The van der Waals surface area contributed by atoms with E-state index in [4.69, 9.17) is 5.84 Å². The van der Waals surface area contributed by atoms with Gasteiger partial charge >= 0.3 is 0 Å². The van der Waals surface area contributed by atoms with E-state index in [1.807, 2.05) is 0 Å². The number of halogens is 4. The number of nitrogens with two attached hydrogens (primary N) is 1. The van der Waals surface area contributed by atoms with Gasteiger partial charge in [-0.3, -0.25) is 4.79 Å². The second-order valence-electron chi connectivity index (χ2n) is 3.90. The van der Waals surface area contributed by atoms with Crippen molar-refractivity contribution in [2.24, 2.45) is 5.84 Å². The number of hydrazine groups is 1. The number of hydrogen-bond acceptors (Lipinski definition) is 4. The maximum absolute atomic E-state index is 13.5. The zero-order chi connectivity index (χ0) is 15.6. The van der Waals surface area contributed by atoms with Crippen LogP contribution in [0.3, 0.4) is 0 Å². The lowest BCUT2D eigenvalue weighted by atomic mass is 10.2.